The molecule has 6 aliphatic rings. The second kappa shape index (κ2) is 24.5. The highest BCUT2D eigenvalue weighted by Crippen LogP contribution is 2.45. The fourth-order valence-corrected chi connectivity index (χ4v) is 10.7. The number of hydrogen-bond acceptors (Lipinski definition) is 14. The lowest BCUT2D eigenvalue weighted by Crippen LogP contribution is -2.39. The summed E-state index contributed by atoms with van der Waals surface area (Å²) in [6.45, 7) is 10.3. The van der Waals surface area contributed by atoms with Gasteiger partial charge in [-0.2, -0.15) is 10.5 Å². The average molecular weight is 1080 g/mol. The van der Waals surface area contributed by atoms with Crippen LogP contribution in [0.5, 0.6) is 23.0 Å². The Morgan fingerprint density at radius 1 is 0.573 bits per heavy atom. The van der Waals surface area contributed by atoms with Gasteiger partial charge in [0, 0.05) is 121 Å². The molecule has 0 bridgehead atoms. The van der Waals surface area contributed by atoms with E-state index >= 15 is 0 Å². The van der Waals surface area contributed by atoms with E-state index in [4.69, 9.17) is 29.5 Å². The van der Waals surface area contributed by atoms with Gasteiger partial charge in [-0.3, -0.25) is 14.5 Å². The number of pyridine rings is 2. The number of nitrogens with zero attached hydrogens (tertiary/aromatic N) is 5. The van der Waals surface area contributed by atoms with Crippen LogP contribution in [0.3, 0.4) is 0 Å². The molecule has 16 nitrogen and oxygen atoms in total. The maximum absolute atomic E-state index is 12.6. The summed E-state index contributed by atoms with van der Waals surface area (Å²) in [4.78, 5) is 37.7. The first-order valence-corrected chi connectivity index (χ1v) is 27.2. The summed E-state index contributed by atoms with van der Waals surface area (Å²) in [5.41, 5.74) is 11.7. The second-order valence-electron chi connectivity index (χ2n) is 19.5. The van der Waals surface area contributed by atoms with Crippen molar-refractivity contribution >= 4 is 38.7 Å². The van der Waals surface area contributed by atoms with E-state index in [0.717, 1.165) is 176 Å². The fourth-order valence-electron chi connectivity index (χ4n) is 10.7. The molecule has 0 aliphatic carbocycles. The zero-order valence-electron chi connectivity index (χ0n) is 42.1. The van der Waals surface area contributed by atoms with E-state index in [1.165, 1.54) is 5.56 Å². The van der Waals surface area contributed by atoms with Gasteiger partial charge < -0.3 is 54.7 Å². The molecule has 6 aliphatic heterocycles. The van der Waals surface area contributed by atoms with Crippen LogP contribution >= 0.6 is 15.9 Å². The lowest BCUT2D eigenvalue weighted by atomic mass is 9.96. The first-order valence-electron chi connectivity index (χ1n) is 26.1. The van der Waals surface area contributed by atoms with Crippen LogP contribution in [-0.2, 0) is 22.3 Å². The molecule has 75 heavy (non-hydrogen) atoms. The average Bonchev–Trinajstić information content (AvgIpc) is 3.45. The molecule has 0 amide bonds. The number of nitriles is 2. The van der Waals surface area contributed by atoms with Crippen molar-refractivity contribution < 1.29 is 18.9 Å². The van der Waals surface area contributed by atoms with Crippen LogP contribution in [0.25, 0.3) is 22.5 Å². The van der Waals surface area contributed by atoms with Crippen LogP contribution in [0, 0.1) is 22.7 Å². The maximum Gasteiger partial charge on any atom is 0.250 e. The molecule has 2 aromatic heterocycles. The number of morpholine rings is 2. The standard InChI is InChI=1S/C29H31N5O3.C27H30N4O3.C2H2BrN/c30-8-11-33-9-6-22(7-10-33)31-23-4-5-27-21(17-23)16-20-2-1-3-25(29(20)37-27)26-18-24(19-28(35)32-26)34-12-14-36-15-13-34;32-26-17-22(31-10-12-33-13-11-31)16-24(30-26)23-3-1-2-18-14-19-15-21(4-5-25(19)34-27(18)23)29-20-6-8-28-9-7-20;3-1-2-4/h1-5,17-19,22,31H,6-7,9-16H2,(H,32,35);1-5,15-17,20,28-29H,6-14H2,(H,30,32);1H2. The molecule has 0 unspecified atom stereocenters. The van der Waals surface area contributed by atoms with Gasteiger partial charge in [0.25, 0.3) is 0 Å². The van der Waals surface area contributed by atoms with Crippen molar-refractivity contribution in [3.63, 3.8) is 0 Å². The number of aromatic amines is 2. The highest BCUT2D eigenvalue weighted by molar-refractivity contribution is 9.09. The van der Waals surface area contributed by atoms with Gasteiger partial charge in [0.05, 0.1) is 61.8 Å². The Labute approximate surface area is 445 Å². The van der Waals surface area contributed by atoms with Crippen LogP contribution in [0.2, 0.25) is 0 Å². The number of fused-ring (bicyclic) bond motifs is 4. The van der Waals surface area contributed by atoms with Crippen molar-refractivity contribution in [3.8, 4) is 57.7 Å². The first kappa shape index (κ1) is 51.4. The minimum atomic E-state index is -0.123. The van der Waals surface area contributed by atoms with Crippen LogP contribution in [-0.4, -0.2) is 118 Å². The van der Waals surface area contributed by atoms with Gasteiger partial charge in [-0.25, -0.2) is 0 Å². The van der Waals surface area contributed by atoms with Gasteiger partial charge in [-0.15, -0.1) is 0 Å². The predicted molar refractivity (Wildman–Crippen MR) is 297 cm³/mol. The Morgan fingerprint density at radius 2 is 1.04 bits per heavy atom. The summed E-state index contributed by atoms with van der Waals surface area (Å²) >= 11 is 2.89. The summed E-state index contributed by atoms with van der Waals surface area (Å²) in [7, 11) is 0. The third-order valence-electron chi connectivity index (χ3n) is 14.5. The molecule has 5 N–H and O–H groups in total. The second-order valence-corrected chi connectivity index (χ2v) is 20.1. The predicted octanol–water partition coefficient (Wildman–Crippen LogP) is 8.62. The summed E-state index contributed by atoms with van der Waals surface area (Å²) < 4.78 is 23.8. The third-order valence-corrected chi connectivity index (χ3v) is 14.8. The molecule has 17 heteroatoms. The zero-order valence-corrected chi connectivity index (χ0v) is 43.7. The van der Waals surface area contributed by atoms with Gasteiger partial charge in [0.15, 0.2) is 0 Å². The van der Waals surface area contributed by atoms with Crippen LogP contribution in [0.1, 0.15) is 47.9 Å². The number of para-hydroxylation sites is 2. The molecule has 388 valence electrons. The number of aromatic nitrogens is 2. The summed E-state index contributed by atoms with van der Waals surface area (Å²) in [6, 6.07) is 37.4. The van der Waals surface area contributed by atoms with Gasteiger partial charge in [-0.05, 0) is 111 Å². The van der Waals surface area contributed by atoms with Crippen LogP contribution in [0.15, 0.2) is 107 Å². The van der Waals surface area contributed by atoms with Gasteiger partial charge in [0.2, 0.25) is 11.1 Å². The lowest BCUT2D eigenvalue weighted by molar-refractivity contribution is 0.122. The number of nitrogens with one attached hydrogen (secondary N) is 5. The van der Waals surface area contributed by atoms with Crippen molar-refractivity contribution in [3.05, 3.63) is 140 Å². The van der Waals surface area contributed by atoms with Crippen molar-refractivity contribution in [2.75, 3.05) is 111 Å². The Bertz CT molecular complexity index is 3160. The number of rotatable bonds is 9. The monoisotopic (exact) mass is 1070 g/mol. The topological polar surface area (TPSA) is 196 Å². The van der Waals surface area contributed by atoms with Crippen molar-refractivity contribution in [2.24, 2.45) is 0 Å². The van der Waals surface area contributed by atoms with Crippen LogP contribution in [0.4, 0.5) is 22.7 Å². The zero-order chi connectivity index (χ0) is 51.5. The first-order chi connectivity index (χ1) is 36.8. The number of alkyl halides is 1. The minimum absolute atomic E-state index is 0.110. The minimum Gasteiger partial charge on any atom is -0.456 e. The van der Waals surface area contributed by atoms with Gasteiger partial charge in [-0.1, -0.05) is 40.2 Å². The third kappa shape index (κ3) is 12.7. The summed E-state index contributed by atoms with van der Waals surface area (Å²) in [5.74, 6) is 3.35. The normalized spacial score (nSPS) is 17.3. The van der Waals surface area contributed by atoms with E-state index in [1.807, 2.05) is 48.5 Å². The molecule has 0 saturated carbocycles. The van der Waals surface area contributed by atoms with E-state index in [2.05, 4.69) is 105 Å². The Balaban J connectivity index is 0.000000160. The molecule has 0 radical (unpaired) electrons. The number of hydrogen-bond donors (Lipinski definition) is 5. The SMILES string of the molecule is N#CCBr.N#CCN1CCC(Nc2ccc3c(c2)Cc2cccc(-c4cc(N5CCOCC5)cc(=O)[nH]4)c2O3)CC1.O=c1cc(N2CCOCC2)cc(-c2cccc3c2Oc2ccc(NC4CCNCC4)cc2C3)[nH]1. The lowest BCUT2D eigenvalue weighted by Gasteiger charge is -2.31. The van der Waals surface area contributed by atoms with E-state index in [9.17, 15) is 9.59 Å². The molecule has 4 aromatic carbocycles. The van der Waals surface area contributed by atoms with E-state index in [0.29, 0.717) is 50.4 Å². The highest BCUT2D eigenvalue weighted by atomic mass is 79.9. The highest BCUT2D eigenvalue weighted by Gasteiger charge is 2.26. The Hall–Kier alpha value is -7.12. The van der Waals surface area contributed by atoms with Gasteiger partial charge >= 0.3 is 0 Å². The number of ether oxygens (including phenoxy) is 4. The molecule has 6 aromatic rings. The van der Waals surface area contributed by atoms with Crippen molar-refractivity contribution in [2.45, 2.75) is 50.6 Å². The summed E-state index contributed by atoms with van der Waals surface area (Å²) in [6.07, 6.45) is 5.91. The number of piperidine rings is 2. The molecular weight excluding hydrogens is 1010 g/mol. The number of benzene rings is 4. The van der Waals surface area contributed by atoms with E-state index in [1.54, 1.807) is 12.1 Å². The molecule has 8 heterocycles. The molecular formula is C58H63BrN10O6. The Kier molecular flexibility index (Phi) is 16.8. The number of likely N-dealkylation sites (tertiary alicyclic amines) is 1. The molecule has 4 fully saturated rings. The van der Waals surface area contributed by atoms with E-state index in [-0.39, 0.29) is 11.1 Å². The maximum atomic E-state index is 12.6. The summed E-state index contributed by atoms with van der Waals surface area (Å²) in [5, 5.41) is 27.7. The molecule has 0 atom stereocenters. The number of anilines is 4. The molecule has 12 rings (SSSR count). The van der Waals surface area contributed by atoms with Gasteiger partial charge in [0.1, 0.15) is 23.0 Å². The largest absolute Gasteiger partial charge is 0.456 e. The Morgan fingerprint density at radius 3 is 1.49 bits per heavy atom. The fraction of sp³-hybridized carbons (Fsp3) is 0.379. The molecule has 0 spiro atoms. The smallest absolute Gasteiger partial charge is 0.250 e. The van der Waals surface area contributed by atoms with Crippen LogP contribution < -0.4 is 46.3 Å². The van der Waals surface area contributed by atoms with E-state index < -0.39 is 0 Å². The van der Waals surface area contributed by atoms with Crippen molar-refractivity contribution in [1.82, 2.24) is 20.2 Å². The number of halogens is 1. The quantitative estimate of drug-likeness (QED) is 0.0681. The molecule has 4 saturated heterocycles. The number of H-pyrrole nitrogens is 2. The van der Waals surface area contributed by atoms with Crippen molar-refractivity contribution in [1.29, 1.82) is 10.5 Å².